The highest BCUT2D eigenvalue weighted by atomic mass is 32.1. The van der Waals surface area contributed by atoms with Crippen LogP contribution in [0.25, 0.3) is 31.9 Å². The molecule has 3 heterocycles. The Hall–Kier alpha value is -3.81. The molecule has 0 fully saturated rings. The fraction of sp³-hybridized carbons (Fsp3) is 0.0385. The van der Waals surface area contributed by atoms with Crippen molar-refractivity contribution >= 4 is 51.1 Å². The second-order valence-electron chi connectivity index (χ2n) is 7.21. The predicted molar refractivity (Wildman–Crippen MR) is 134 cm³/mol. The van der Waals surface area contributed by atoms with E-state index in [1.165, 1.54) is 18.4 Å². The van der Waals surface area contributed by atoms with Crippen molar-refractivity contribution in [2.45, 2.75) is 0 Å². The average Bonchev–Trinajstić information content (AvgIpc) is 3.54. The molecule has 0 atom stereocenters. The van der Waals surface area contributed by atoms with Gasteiger partial charge in [0, 0.05) is 10.3 Å². The molecule has 0 bridgehead atoms. The minimum absolute atomic E-state index is 0.311. The van der Waals surface area contributed by atoms with Gasteiger partial charge in [0.2, 0.25) is 0 Å². The Morgan fingerprint density at radius 3 is 2.45 bits per heavy atom. The molecule has 0 saturated heterocycles. The summed E-state index contributed by atoms with van der Waals surface area (Å²) < 4.78 is 4.96. The lowest BCUT2D eigenvalue weighted by molar-refractivity contribution is 0.0607. The lowest BCUT2D eigenvalue weighted by Crippen LogP contribution is -2.15. The molecule has 0 unspecified atom stereocenters. The number of amides is 1. The van der Waals surface area contributed by atoms with E-state index in [1.54, 1.807) is 17.4 Å². The van der Waals surface area contributed by atoms with Crippen LogP contribution in [-0.2, 0) is 4.74 Å². The SMILES string of the molecule is COC(=O)c1sc(-c2ccccc2)cc1NC(=O)c1cc(-c2cccs2)nc2ccccc12. The van der Waals surface area contributed by atoms with Gasteiger partial charge in [-0.3, -0.25) is 4.79 Å². The first kappa shape index (κ1) is 21.1. The number of hydrogen-bond donors (Lipinski definition) is 1. The smallest absolute Gasteiger partial charge is 0.350 e. The summed E-state index contributed by atoms with van der Waals surface area (Å²) in [6.45, 7) is 0. The number of ether oxygens (including phenoxy) is 1. The molecule has 33 heavy (non-hydrogen) atoms. The van der Waals surface area contributed by atoms with Crippen molar-refractivity contribution < 1.29 is 14.3 Å². The number of anilines is 1. The quantitative estimate of drug-likeness (QED) is 0.289. The van der Waals surface area contributed by atoms with Gasteiger partial charge in [0.1, 0.15) is 4.88 Å². The summed E-state index contributed by atoms with van der Waals surface area (Å²) in [5.74, 6) is -0.801. The Balaban J connectivity index is 1.57. The van der Waals surface area contributed by atoms with Crippen LogP contribution in [0.5, 0.6) is 0 Å². The molecule has 2 aromatic carbocycles. The summed E-state index contributed by atoms with van der Waals surface area (Å²) in [6.07, 6.45) is 0. The number of thiophene rings is 2. The van der Waals surface area contributed by atoms with Gasteiger partial charge in [0.25, 0.3) is 5.91 Å². The number of esters is 1. The Bertz CT molecular complexity index is 1460. The molecule has 5 rings (SSSR count). The first-order chi connectivity index (χ1) is 16.1. The van der Waals surface area contributed by atoms with Gasteiger partial charge in [-0.2, -0.15) is 0 Å². The van der Waals surface area contributed by atoms with Gasteiger partial charge in [0.15, 0.2) is 0 Å². The van der Waals surface area contributed by atoms with Crippen LogP contribution < -0.4 is 5.32 Å². The monoisotopic (exact) mass is 470 g/mol. The largest absolute Gasteiger partial charge is 0.465 e. The van der Waals surface area contributed by atoms with Crippen molar-refractivity contribution in [2.24, 2.45) is 0 Å². The third kappa shape index (κ3) is 4.16. The van der Waals surface area contributed by atoms with Crippen LogP contribution in [0.1, 0.15) is 20.0 Å². The van der Waals surface area contributed by atoms with Crippen molar-refractivity contribution in [1.82, 2.24) is 4.98 Å². The van der Waals surface area contributed by atoms with Gasteiger partial charge in [-0.25, -0.2) is 9.78 Å². The Kier molecular flexibility index (Phi) is 5.73. The molecule has 5 nitrogen and oxygen atoms in total. The summed E-state index contributed by atoms with van der Waals surface area (Å²) in [7, 11) is 1.33. The topological polar surface area (TPSA) is 68.3 Å². The second-order valence-corrected chi connectivity index (χ2v) is 9.21. The number of nitrogens with zero attached hydrogens (tertiary/aromatic N) is 1. The van der Waals surface area contributed by atoms with Gasteiger partial charge in [-0.15, -0.1) is 22.7 Å². The van der Waals surface area contributed by atoms with Gasteiger partial charge in [-0.1, -0.05) is 54.6 Å². The number of pyridine rings is 1. The van der Waals surface area contributed by atoms with Crippen LogP contribution in [0, 0.1) is 0 Å². The van der Waals surface area contributed by atoms with Crippen molar-refractivity contribution in [1.29, 1.82) is 0 Å². The summed E-state index contributed by atoms with van der Waals surface area (Å²) in [6, 6.07) is 24.8. The van der Waals surface area contributed by atoms with Crippen LogP contribution in [0.4, 0.5) is 5.69 Å². The van der Waals surface area contributed by atoms with Crippen LogP contribution in [0.2, 0.25) is 0 Å². The van der Waals surface area contributed by atoms with E-state index in [-0.39, 0.29) is 5.91 Å². The van der Waals surface area contributed by atoms with Crippen molar-refractivity contribution in [3.63, 3.8) is 0 Å². The number of methoxy groups -OCH3 is 1. The molecule has 7 heteroatoms. The molecule has 0 spiro atoms. The molecule has 0 aliphatic rings. The fourth-order valence-electron chi connectivity index (χ4n) is 3.58. The molecule has 3 aromatic heterocycles. The normalized spacial score (nSPS) is 10.8. The third-order valence-corrected chi connectivity index (χ3v) is 7.20. The predicted octanol–water partition coefficient (Wildman–Crippen LogP) is 6.73. The third-order valence-electron chi connectivity index (χ3n) is 5.14. The molecule has 0 aliphatic carbocycles. The number of para-hydroxylation sites is 1. The van der Waals surface area contributed by atoms with Crippen molar-refractivity contribution in [2.75, 3.05) is 12.4 Å². The first-order valence-corrected chi connectivity index (χ1v) is 11.9. The van der Waals surface area contributed by atoms with E-state index < -0.39 is 5.97 Å². The zero-order valence-electron chi connectivity index (χ0n) is 17.6. The van der Waals surface area contributed by atoms with Gasteiger partial charge in [0.05, 0.1) is 34.4 Å². The molecule has 1 amide bonds. The number of hydrogen-bond acceptors (Lipinski definition) is 6. The van der Waals surface area contributed by atoms with Crippen LogP contribution in [0.15, 0.2) is 84.2 Å². The highest BCUT2D eigenvalue weighted by Crippen LogP contribution is 2.36. The minimum atomic E-state index is -0.489. The number of nitrogens with one attached hydrogen (secondary N) is 1. The van der Waals surface area contributed by atoms with Crippen molar-refractivity contribution in [3.8, 4) is 21.0 Å². The zero-order chi connectivity index (χ0) is 22.8. The summed E-state index contributed by atoms with van der Waals surface area (Å²) in [5, 5.41) is 5.66. The number of fused-ring (bicyclic) bond motifs is 1. The molecule has 0 aliphatic heterocycles. The maximum Gasteiger partial charge on any atom is 0.350 e. The van der Waals surface area contributed by atoms with Crippen LogP contribution in [-0.4, -0.2) is 24.0 Å². The van der Waals surface area contributed by atoms with E-state index in [2.05, 4.69) is 5.32 Å². The maximum absolute atomic E-state index is 13.5. The standard InChI is InChI=1S/C26H18N2O3S2/c1-31-26(30)24-21(15-23(33-24)16-8-3-2-4-9-16)28-25(29)18-14-20(22-12-7-13-32-22)27-19-11-6-5-10-17(18)19/h2-15H,1H3,(H,28,29). The van der Waals surface area contributed by atoms with E-state index in [4.69, 9.17) is 9.72 Å². The number of benzene rings is 2. The van der Waals surface area contributed by atoms with Crippen molar-refractivity contribution in [3.05, 3.63) is 94.7 Å². The number of carbonyl (C=O) groups excluding carboxylic acids is 2. The first-order valence-electron chi connectivity index (χ1n) is 10.2. The molecule has 162 valence electrons. The minimum Gasteiger partial charge on any atom is -0.465 e. The highest BCUT2D eigenvalue weighted by Gasteiger charge is 2.21. The number of aromatic nitrogens is 1. The lowest BCUT2D eigenvalue weighted by Gasteiger charge is -2.10. The zero-order valence-corrected chi connectivity index (χ0v) is 19.2. The Labute approximate surface area is 198 Å². The lowest BCUT2D eigenvalue weighted by atomic mass is 10.1. The molecule has 0 radical (unpaired) electrons. The van der Waals surface area contributed by atoms with Gasteiger partial charge in [-0.05, 0) is 35.2 Å². The van der Waals surface area contributed by atoms with E-state index in [1.807, 2.05) is 78.2 Å². The molecular weight excluding hydrogens is 452 g/mol. The number of rotatable bonds is 5. The summed E-state index contributed by atoms with van der Waals surface area (Å²) in [5.41, 5.74) is 3.35. The molecular formula is C26H18N2O3S2. The average molecular weight is 471 g/mol. The summed E-state index contributed by atoms with van der Waals surface area (Å²) in [4.78, 5) is 32.8. The van der Waals surface area contributed by atoms with E-state index in [9.17, 15) is 9.59 Å². The van der Waals surface area contributed by atoms with E-state index >= 15 is 0 Å². The fourth-order valence-corrected chi connectivity index (χ4v) is 5.30. The van der Waals surface area contributed by atoms with Gasteiger partial charge >= 0.3 is 5.97 Å². The highest BCUT2D eigenvalue weighted by molar-refractivity contribution is 7.18. The Morgan fingerprint density at radius 2 is 1.70 bits per heavy atom. The van der Waals surface area contributed by atoms with E-state index in [0.717, 1.165) is 31.9 Å². The molecule has 0 saturated carbocycles. The second kappa shape index (κ2) is 8.97. The number of carbonyl (C=O) groups is 2. The maximum atomic E-state index is 13.5. The van der Waals surface area contributed by atoms with Crippen LogP contribution >= 0.6 is 22.7 Å². The molecule has 1 N–H and O–H groups in total. The van der Waals surface area contributed by atoms with E-state index in [0.29, 0.717) is 16.1 Å². The molecule has 5 aromatic rings. The summed E-state index contributed by atoms with van der Waals surface area (Å²) >= 11 is 2.85. The Morgan fingerprint density at radius 1 is 0.909 bits per heavy atom. The van der Waals surface area contributed by atoms with Gasteiger partial charge < -0.3 is 10.1 Å². The van der Waals surface area contributed by atoms with Crippen LogP contribution in [0.3, 0.4) is 0 Å².